The van der Waals surface area contributed by atoms with Crippen molar-refractivity contribution in [1.29, 1.82) is 0 Å². The van der Waals surface area contributed by atoms with E-state index in [1.54, 1.807) is 29.6 Å². The van der Waals surface area contributed by atoms with Gasteiger partial charge >= 0.3 is 0 Å². The number of nitrogens with two attached hydrogens (primary N) is 1. The van der Waals surface area contributed by atoms with Crippen molar-refractivity contribution >= 4 is 56.1 Å². The number of nitrogen functional groups attached to an aromatic ring is 1. The van der Waals surface area contributed by atoms with Crippen molar-refractivity contribution < 1.29 is 4.79 Å². The molecule has 0 aliphatic heterocycles. The number of carbonyl (C=O) groups excluding carboxylic acids is 1. The number of carbonyl (C=O) groups is 1. The number of benzene rings is 1. The highest BCUT2D eigenvalue weighted by Crippen LogP contribution is 2.25. The predicted octanol–water partition coefficient (Wildman–Crippen LogP) is 4.00. The Balaban J connectivity index is 2.18. The number of halogens is 2. The van der Waals surface area contributed by atoms with Crippen LogP contribution < -0.4 is 11.1 Å². The second-order valence-corrected chi connectivity index (χ2v) is 6.05. The second-order valence-electron chi connectivity index (χ2n) is 3.33. The predicted molar refractivity (Wildman–Crippen MR) is 75.8 cm³/mol. The van der Waals surface area contributed by atoms with E-state index in [2.05, 4.69) is 21.2 Å². The van der Waals surface area contributed by atoms with Gasteiger partial charge in [0.1, 0.15) is 0 Å². The highest BCUT2D eigenvalue weighted by molar-refractivity contribution is 9.11. The number of rotatable bonds is 2. The van der Waals surface area contributed by atoms with E-state index in [4.69, 9.17) is 17.3 Å². The maximum Gasteiger partial charge on any atom is 0.256 e. The van der Waals surface area contributed by atoms with Gasteiger partial charge in [0.15, 0.2) is 0 Å². The van der Waals surface area contributed by atoms with E-state index >= 15 is 0 Å². The molecule has 0 radical (unpaired) electrons. The average Bonchev–Trinajstić information content (AvgIpc) is 2.69. The first-order valence-electron chi connectivity index (χ1n) is 4.66. The summed E-state index contributed by atoms with van der Waals surface area (Å²) in [5.41, 5.74) is 7.34. The quantitative estimate of drug-likeness (QED) is 0.817. The van der Waals surface area contributed by atoms with Gasteiger partial charge in [-0.2, -0.15) is 0 Å². The van der Waals surface area contributed by atoms with Crippen LogP contribution >= 0.6 is 38.9 Å². The van der Waals surface area contributed by atoms with Gasteiger partial charge in [0, 0.05) is 10.4 Å². The Morgan fingerprint density at radius 2 is 2.18 bits per heavy atom. The average molecular weight is 332 g/mol. The fraction of sp³-hybridized carbons (Fsp3) is 0. The third-order valence-corrected chi connectivity index (χ3v) is 3.83. The smallest absolute Gasteiger partial charge is 0.256 e. The van der Waals surface area contributed by atoms with Crippen molar-refractivity contribution in [2.45, 2.75) is 0 Å². The van der Waals surface area contributed by atoms with E-state index in [1.807, 2.05) is 0 Å². The molecular weight excluding hydrogens is 324 g/mol. The zero-order valence-electron chi connectivity index (χ0n) is 8.54. The Labute approximate surface area is 116 Å². The third kappa shape index (κ3) is 3.00. The summed E-state index contributed by atoms with van der Waals surface area (Å²) < 4.78 is 0.909. The molecule has 0 saturated heterocycles. The molecular formula is C11H8BrClN2OS. The summed E-state index contributed by atoms with van der Waals surface area (Å²) in [6.45, 7) is 0. The van der Waals surface area contributed by atoms with E-state index in [0.717, 1.165) is 3.79 Å². The van der Waals surface area contributed by atoms with E-state index in [-0.39, 0.29) is 5.91 Å². The molecule has 0 bridgehead atoms. The van der Waals surface area contributed by atoms with Crippen LogP contribution in [0.2, 0.25) is 5.02 Å². The molecule has 1 amide bonds. The van der Waals surface area contributed by atoms with Crippen molar-refractivity contribution in [3.05, 3.63) is 44.0 Å². The molecule has 0 aliphatic carbocycles. The maximum absolute atomic E-state index is 11.9. The van der Waals surface area contributed by atoms with Crippen LogP contribution in [0, 0.1) is 0 Å². The van der Waals surface area contributed by atoms with Gasteiger partial charge in [-0.1, -0.05) is 11.6 Å². The lowest BCUT2D eigenvalue weighted by molar-refractivity contribution is 0.102. The molecule has 1 heterocycles. The molecule has 17 heavy (non-hydrogen) atoms. The summed E-state index contributed by atoms with van der Waals surface area (Å²) in [4.78, 5) is 11.9. The molecule has 0 saturated carbocycles. The molecule has 0 fully saturated rings. The van der Waals surface area contributed by atoms with Gasteiger partial charge in [0.2, 0.25) is 0 Å². The zero-order chi connectivity index (χ0) is 12.4. The lowest BCUT2D eigenvalue weighted by Gasteiger charge is -2.07. The summed E-state index contributed by atoms with van der Waals surface area (Å²) in [7, 11) is 0. The first-order valence-corrected chi connectivity index (χ1v) is 6.72. The number of anilines is 2. The zero-order valence-corrected chi connectivity index (χ0v) is 11.7. The molecule has 1 aromatic heterocycles. The van der Waals surface area contributed by atoms with Crippen molar-refractivity contribution in [3.63, 3.8) is 0 Å². The minimum Gasteiger partial charge on any atom is -0.397 e. The largest absolute Gasteiger partial charge is 0.397 e. The number of hydrogen-bond acceptors (Lipinski definition) is 3. The highest BCUT2D eigenvalue weighted by atomic mass is 79.9. The molecule has 0 spiro atoms. The van der Waals surface area contributed by atoms with Gasteiger partial charge in [-0.25, -0.2) is 0 Å². The molecule has 2 rings (SSSR count). The number of nitrogens with one attached hydrogen (secondary N) is 1. The van der Waals surface area contributed by atoms with Crippen molar-refractivity contribution in [2.75, 3.05) is 11.1 Å². The first-order chi connectivity index (χ1) is 8.06. The Hall–Kier alpha value is -1.04. The molecule has 0 unspecified atom stereocenters. The van der Waals surface area contributed by atoms with Crippen molar-refractivity contribution in [2.24, 2.45) is 0 Å². The van der Waals surface area contributed by atoms with E-state index in [1.165, 1.54) is 11.3 Å². The van der Waals surface area contributed by atoms with Crippen LogP contribution in [0.3, 0.4) is 0 Å². The Morgan fingerprint density at radius 1 is 1.41 bits per heavy atom. The molecule has 0 aliphatic rings. The summed E-state index contributed by atoms with van der Waals surface area (Å²) in [5.74, 6) is -0.194. The summed E-state index contributed by atoms with van der Waals surface area (Å²) in [6, 6.07) is 6.71. The fourth-order valence-electron chi connectivity index (χ4n) is 1.27. The van der Waals surface area contributed by atoms with Gasteiger partial charge in [0.05, 0.1) is 20.7 Å². The summed E-state index contributed by atoms with van der Waals surface area (Å²) >= 11 is 10.5. The Bertz CT molecular complexity index is 570. The van der Waals surface area contributed by atoms with Gasteiger partial charge in [-0.15, -0.1) is 11.3 Å². The fourth-order valence-corrected chi connectivity index (χ4v) is 2.59. The lowest BCUT2D eigenvalue weighted by atomic mass is 10.2. The number of thiophene rings is 1. The topological polar surface area (TPSA) is 55.1 Å². The summed E-state index contributed by atoms with van der Waals surface area (Å²) in [5, 5.41) is 5.04. The standard InChI is InChI=1S/C11H8BrClN2OS/c12-10-3-6(5-17-10)11(16)15-9-2-1-7(13)4-8(9)14/h1-5H,14H2,(H,15,16). The van der Waals surface area contributed by atoms with Gasteiger partial charge in [0.25, 0.3) is 5.91 Å². The van der Waals surface area contributed by atoms with Gasteiger partial charge in [-0.05, 0) is 40.2 Å². The number of amides is 1. The van der Waals surface area contributed by atoms with Gasteiger partial charge in [-0.3, -0.25) is 4.79 Å². The Morgan fingerprint density at radius 3 is 2.76 bits per heavy atom. The van der Waals surface area contributed by atoms with Crippen LogP contribution in [0.15, 0.2) is 33.4 Å². The van der Waals surface area contributed by atoms with E-state index in [9.17, 15) is 4.79 Å². The van der Waals surface area contributed by atoms with Crippen LogP contribution in [-0.4, -0.2) is 5.91 Å². The molecule has 3 nitrogen and oxygen atoms in total. The number of hydrogen-bond donors (Lipinski definition) is 2. The van der Waals surface area contributed by atoms with Gasteiger partial charge < -0.3 is 11.1 Å². The molecule has 6 heteroatoms. The molecule has 2 aromatic rings. The molecule has 1 aromatic carbocycles. The van der Waals surface area contributed by atoms with Crippen LogP contribution in [0.4, 0.5) is 11.4 Å². The first kappa shape index (κ1) is 12.4. The SMILES string of the molecule is Nc1cc(Cl)ccc1NC(=O)c1csc(Br)c1. The van der Waals surface area contributed by atoms with Crippen LogP contribution in [-0.2, 0) is 0 Å². The van der Waals surface area contributed by atoms with E-state index in [0.29, 0.717) is 22.0 Å². The van der Waals surface area contributed by atoms with Crippen LogP contribution in [0.25, 0.3) is 0 Å². The lowest BCUT2D eigenvalue weighted by Crippen LogP contribution is -2.12. The normalized spacial score (nSPS) is 10.2. The Kier molecular flexibility index (Phi) is 3.71. The summed E-state index contributed by atoms with van der Waals surface area (Å²) in [6.07, 6.45) is 0. The minimum absolute atomic E-state index is 0.194. The maximum atomic E-state index is 11.9. The van der Waals surface area contributed by atoms with Crippen LogP contribution in [0.5, 0.6) is 0 Å². The molecule has 0 atom stereocenters. The monoisotopic (exact) mass is 330 g/mol. The van der Waals surface area contributed by atoms with E-state index < -0.39 is 0 Å². The van der Waals surface area contributed by atoms with Crippen LogP contribution in [0.1, 0.15) is 10.4 Å². The van der Waals surface area contributed by atoms with Crippen molar-refractivity contribution in [3.8, 4) is 0 Å². The molecule has 88 valence electrons. The second kappa shape index (κ2) is 5.08. The highest BCUT2D eigenvalue weighted by Gasteiger charge is 2.09. The molecule has 3 N–H and O–H groups in total. The minimum atomic E-state index is -0.194. The van der Waals surface area contributed by atoms with Crippen molar-refractivity contribution in [1.82, 2.24) is 0 Å². The third-order valence-electron chi connectivity index (χ3n) is 2.09.